The molecule has 1 fully saturated rings. The van der Waals surface area contributed by atoms with Gasteiger partial charge in [0.15, 0.2) is 0 Å². The van der Waals surface area contributed by atoms with Crippen LogP contribution < -0.4 is 0 Å². The Hall–Kier alpha value is -2.82. The third kappa shape index (κ3) is 3.88. The predicted molar refractivity (Wildman–Crippen MR) is 107 cm³/mol. The number of hydrogen-bond acceptors (Lipinski definition) is 4. The van der Waals surface area contributed by atoms with Crippen molar-refractivity contribution < 1.29 is 19.4 Å². The van der Waals surface area contributed by atoms with E-state index in [1.165, 1.54) is 4.90 Å². The summed E-state index contributed by atoms with van der Waals surface area (Å²) in [6.07, 6.45) is -0.372. The second-order valence-corrected chi connectivity index (χ2v) is 7.82. The molecule has 1 aliphatic heterocycles. The number of amides is 2. The fourth-order valence-electron chi connectivity index (χ4n) is 4.11. The minimum absolute atomic E-state index is 0.0575. The average molecular weight is 381 g/mol. The fourth-order valence-corrected chi connectivity index (χ4v) is 4.11. The molecule has 2 amide bonds. The minimum atomic E-state index is -0.583. The Kier molecular flexibility index (Phi) is 5.73. The molecule has 0 unspecified atom stereocenters. The Morgan fingerprint density at radius 1 is 1.18 bits per heavy atom. The van der Waals surface area contributed by atoms with Crippen molar-refractivity contribution in [3.8, 4) is 5.75 Å². The first-order chi connectivity index (χ1) is 13.3. The van der Waals surface area contributed by atoms with E-state index in [0.29, 0.717) is 0 Å². The minimum Gasteiger partial charge on any atom is -0.508 e. The number of carbonyl (C=O) groups is 2. The number of nitrogens with zero attached hydrogens (tertiary/aromatic N) is 1. The van der Waals surface area contributed by atoms with Crippen molar-refractivity contribution in [1.82, 2.24) is 4.90 Å². The molecule has 1 N–H and O–H groups in total. The van der Waals surface area contributed by atoms with Gasteiger partial charge >= 0.3 is 6.09 Å². The van der Waals surface area contributed by atoms with E-state index in [4.69, 9.17) is 4.74 Å². The molecule has 148 valence electrons. The molecular weight excluding hydrogens is 354 g/mol. The quantitative estimate of drug-likeness (QED) is 0.803. The number of rotatable bonds is 5. The number of imide groups is 1. The van der Waals surface area contributed by atoms with Crippen molar-refractivity contribution in [2.75, 3.05) is 6.61 Å². The average Bonchev–Trinajstić information content (AvgIpc) is 3.02. The highest BCUT2D eigenvalue weighted by Crippen LogP contribution is 2.37. The molecule has 2 aromatic carbocycles. The van der Waals surface area contributed by atoms with E-state index in [1.807, 2.05) is 44.2 Å². The number of cyclic esters (lactones) is 1. The van der Waals surface area contributed by atoms with Gasteiger partial charge in [-0.25, -0.2) is 9.69 Å². The van der Waals surface area contributed by atoms with Crippen molar-refractivity contribution in [3.63, 3.8) is 0 Å². The van der Waals surface area contributed by atoms with Crippen LogP contribution in [0.4, 0.5) is 4.79 Å². The Morgan fingerprint density at radius 3 is 2.36 bits per heavy atom. The Labute approximate surface area is 165 Å². The maximum Gasteiger partial charge on any atom is 0.417 e. The Bertz CT molecular complexity index is 852. The highest BCUT2D eigenvalue weighted by molar-refractivity contribution is 5.94. The molecule has 1 saturated heterocycles. The molecule has 3 rings (SSSR count). The van der Waals surface area contributed by atoms with Gasteiger partial charge < -0.3 is 9.84 Å². The molecular formula is C23H27NO4. The van der Waals surface area contributed by atoms with E-state index < -0.39 is 12.1 Å². The molecule has 0 aromatic heterocycles. The van der Waals surface area contributed by atoms with Gasteiger partial charge in [0.2, 0.25) is 5.91 Å². The van der Waals surface area contributed by atoms with E-state index in [1.54, 1.807) is 12.1 Å². The second kappa shape index (κ2) is 8.05. The molecule has 5 heteroatoms. The molecule has 0 aliphatic carbocycles. The van der Waals surface area contributed by atoms with E-state index in [2.05, 4.69) is 13.8 Å². The molecule has 1 heterocycles. The van der Waals surface area contributed by atoms with E-state index in [-0.39, 0.29) is 36.5 Å². The molecule has 0 spiro atoms. The summed E-state index contributed by atoms with van der Waals surface area (Å²) in [7, 11) is 0. The van der Waals surface area contributed by atoms with E-state index in [9.17, 15) is 14.7 Å². The lowest BCUT2D eigenvalue weighted by molar-refractivity contribution is -0.130. The Balaban J connectivity index is 1.89. The summed E-state index contributed by atoms with van der Waals surface area (Å²) in [4.78, 5) is 26.8. The lowest BCUT2D eigenvalue weighted by atomic mass is 9.80. The molecule has 0 bridgehead atoms. The predicted octanol–water partition coefficient (Wildman–Crippen LogP) is 4.86. The molecule has 1 aliphatic rings. The Morgan fingerprint density at radius 2 is 1.79 bits per heavy atom. The molecule has 5 nitrogen and oxygen atoms in total. The topological polar surface area (TPSA) is 66.8 Å². The number of carbonyl (C=O) groups excluding carboxylic acids is 2. The van der Waals surface area contributed by atoms with Gasteiger partial charge in [-0.1, -0.05) is 44.2 Å². The number of phenols is 1. The van der Waals surface area contributed by atoms with Crippen molar-refractivity contribution in [3.05, 3.63) is 64.7 Å². The SMILES string of the molecule is Cc1cc(O)cc(C)c1[C@@H](CC(=O)N1C(=O)OC[C@H]1c1ccccc1)C(C)C. The maximum absolute atomic E-state index is 13.2. The van der Waals surface area contributed by atoms with Gasteiger partial charge in [-0.05, 0) is 60.1 Å². The summed E-state index contributed by atoms with van der Waals surface area (Å²) in [6, 6.07) is 12.5. The summed E-state index contributed by atoms with van der Waals surface area (Å²) < 4.78 is 5.20. The van der Waals surface area contributed by atoms with Gasteiger partial charge in [-0.15, -0.1) is 0 Å². The van der Waals surface area contributed by atoms with Crippen LogP contribution >= 0.6 is 0 Å². The van der Waals surface area contributed by atoms with E-state index >= 15 is 0 Å². The zero-order valence-electron chi connectivity index (χ0n) is 16.8. The zero-order valence-corrected chi connectivity index (χ0v) is 16.8. The first-order valence-electron chi connectivity index (χ1n) is 9.63. The monoisotopic (exact) mass is 381 g/mol. The summed E-state index contributed by atoms with van der Waals surface area (Å²) in [6.45, 7) is 8.21. The third-order valence-corrected chi connectivity index (χ3v) is 5.47. The number of phenolic OH excluding ortho intramolecular Hbond substituents is 1. The van der Waals surface area contributed by atoms with Gasteiger partial charge in [0.05, 0.1) is 0 Å². The van der Waals surface area contributed by atoms with Gasteiger partial charge in [0.25, 0.3) is 0 Å². The summed E-state index contributed by atoms with van der Waals surface area (Å²) in [5, 5.41) is 9.85. The number of hydrogen-bond donors (Lipinski definition) is 1. The van der Waals surface area contributed by atoms with Crippen molar-refractivity contribution in [2.24, 2.45) is 5.92 Å². The summed E-state index contributed by atoms with van der Waals surface area (Å²) in [5.41, 5.74) is 3.85. The van der Waals surface area contributed by atoms with Crippen LogP contribution in [0, 0.1) is 19.8 Å². The highest BCUT2D eigenvalue weighted by atomic mass is 16.6. The molecule has 0 radical (unpaired) electrons. The van der Waals surface area contributed by atoms with Gasteiger partial charge in [0, 0.05) is 6.42 Å². The summed E-state index contributed by atoms with van der Waals surface area (Å²) in [5.74, 6) is 0.124. The highest BCUT2D eigenvalue weighted by Gasteiger charge is 2.40. The largest absolute Gasteiger partial charge is 0.508 e. The second-order valence-electron chi connectivity index (χ2n) is 7.82. The maximum atomic E-state index is 13.2. The number of benzene rings is 2. The van der Waals surface area contributed by atoms with E-state index in [0.717, 1.165) is 22.3 Å². The van der Waals surface area contributed by atoms with Crippen LogP contribution in [0.2, 0.25) is 0 Å². The molecule has 28 heavy (non-hydrogen) atoms. The molecule has 2 aromatic rings. The van der Waals surface area contributed by atoms with Gasteiger partial charge in [-0.3, -0.25) is 4.79 Å². The van der Waals surface area contributed by atoms with Crippen LogP contribution in [0.25, 0.3) is 0 Å². The lowest BCUT2D eigenvalue weighted by Gasteiger charge is -2.27. The normalized spacial score (nSPS) is 17.7. The van der Waals surface area contributed by atoms with Crippen LogP contribution in [0.1, 0.15) is 54.5 Å². The van der Waals surface area contributed by atoms with Crippen LogP contribution in [0.15, 0.2) is 42.5 Å². The number of aryl methyl sites for hydroxylation is 2. The third-order valence-electron chi connectivity index (χ3n) is 5.47. The van der Waals surface area contributed by atoms with Gasteiger partial charge in [-0.2, -0.15) is 0 Å². The lowest BCUT2D eigenvalue weighted by Crippen LogP contribution is -2.35. The molecule has 0 saturated carbocycles. The smallest absolute Gasteiger partial charge is 0.417 e. The first-order valence-corrected chi connectivity index (χ1v) is 9.63. The first kappa shape index (κ1) is 19.9. The van der Waals surface area contributed by atoms with Crippen LogP contribution in [-0.4, -0.2) is 28.6 Å². The van der Waals surface area contributed by atoms with Gasteiger partial charge in [0.1, 0.15) is 18.4 Å². The van der Waals surface area contributed by atoms with Crippen LogP contribution in [0.3, 0.4) is 0 Å². The van der Waals surface area contributed by atoms with Crippen LogP contribution in [-0.2, 0) is 9.53 Å². The van der Waals surface area contributed by atoms with Crippen molar-refractivity contribution >= 4 is 12.0 Å². The summed E-state index contributed by atoms with van der Waals surface area (Å²) >= 11 is 0. The van der Waals surface area contributed by atoms with Crippen molar-refractivity contribution in [1.29, 1.82) is 0 Å². The zero-order chi connectivity index (χ0) is 20.4. The van der Waals surface area contributed by atoms with Crippen molar-refractivity contribution in [2.45, 2.75) is 46.1 Å². The molecule has 2 atom stereocenters. The standard InChI is InChI=1S/C23H27NO4/c1-14(2)19(22-15(3)10-18(25)11-16(22)4)12-21(26)24-20(13-28-23(24)27)17-8-6-5-7-9-17/h5-11,14,19-20,25H,12-13H2,1-4H3/t19-,20-/m0/s1. The fraction of sp³-hybridized carbons (Fsp3) is 0.391. The van der Waals surface area contributed by atoms with Crippen LogP contribution in [0.5, 0.6) is 5.75 Å². The number of ether oxygens (including phenoxy) is 1. The number of aromatic hydroxyl groups is 1.